The summed E-state index contributed by atoms with van der Waals surface area (Å²) in [5.74, 6) is -2.17. The van der Waals surface area contributed by atoms with Crippen molar-refractivity contribution < 1.29 is 18.3 Å². The van der Waals surface area contributed by atoms with Crippen LogP contribution in [0.4, 0.5) is 14.5 Å². The third kappa shape index (κ3) is 4.13. The minimum Gasteiger partial charge on any atom is -0.365 e. The van der Waals surface area contributed by atoms with E-state index in [0.29, 0.717) is 12.2 Å². The van der Waals surface area contributed by atoms with Crippen molar-refractivity contribution in [3.05, 3.63) is 77.9 Å². The Hall–Kier alpha value is -2.83. The quantitative estimate of drug-likeness (QED) is 0.703. The van der Waals surface area contributed by atoms with E-state index in [1.54, 1.807) is 0 Å². The number of rotatable bonds is 5. The number of carbonyl (C=O) groups is 1. The molecular weight excluding hydrogens is 374 g/mol. The van der Waals surface area contributed by atoms with Gasteiger partial charge in [-0.15, -0.1) is 0 Å². The Morgan fingerprint density at radius 1 is 1.10 bits per heavy atom. The van der Waals surface area contributed by atoms with Crippen LogP contribution in [0.5, 0.6) is 0 Å². The minimum atomic E-state index is -0.971. The number of fused-ring (bicyclic) bond motifs is 1. The topological polar surface area (TPSA) is 41.6 Å². The van der Waals surface area contributed by atoms with Gasteiger partial charge in [0.1, 0.15) is 6.61 Å². The molecule has 0 radical (unpaired) electrons. The number of nitrogens with zero attached hydrogens (tertiary/aromatic N) is 1. The molecule has 4 rings (SSSR count). The number of halogens is 2. The minimum absolute atomic E-state index is 0.0824. The van der Waals surface area contributed by atoms with Gasteiger partial charge in [-0.3, -0.25) is 4.79 Å². The fourth-order valence-corrected chi connectivity index (χ4v) is 3.70. The fourth-order valence-electron chi connectivity index (χ4n) is 3.70. The number of amides is 1. The molecule has 150 valence electrons. The Morgan fingerprint density at radius 2 is 1.90 bits per heavy atom. The van der Waals surface area contributed by atoms with E-state index >= 15 is 0 Å². The number of anilines is 1. The predicted molar refractivity (Wildman–Crippen MR) is 109 cm³/mol. The second kappa shape index (κ2) is 8.27. The van der Waals surface area contributed by atoms with Crippen LogP contribution in [-0.2, 0) is 9.53 Å². The average molecular weight is 396 g/mol. The van der Waals surface area contributed by atoms with E-state index < -0.39 is 11.6 Å². The summed E-state index contributed by atoms with van der Waals surface area (Å²) in [5.41, 5.74) is 1.52. The molecule has 0 saturated carbocycles. The fraction of sp³-hybridized carbons (Fsp3) is 0.261. The lowest BCUT2D eigenvalue weighted by atomic mass is 9.99. The summed E-state index contributed by atoms with van der Waals surface area (Å²) in [4.78, 5) is 13.7. The first-order valence-corrected chi connectivity index (χ1v) is 9.61. The smallest absolute Gasteiger partial charge is 0.253 e. The van der Waals surface area contributed by atoms with Gasteiger partial charge in [-0.25, -0.2) is 8.78 Å². The van der Waals surface area contributed by atoms with Crippen molar-refractivity contribution >= 4 is 22.4 Å². The van der Waals surface area contributed by atoms with E-state index in [9.17, 15) is 13.6 Å². The number of ether oxygens (including phenoxy) is 1. The van der Waals surface area contributed by atoms with Crippen LogP contribution < -0.4 is 10.2 Å². The summed E-state index contributed by atoms with van der Waals surface area (Å²) in [5, 5.41) is 5.85. The standard InChI is InChI=1S/C23H22F2N2O2/c1-15(19-8-4-6-16-5-2-3-7-20(16)19)26-12-18-13-27(23(28)14-29-18)17-9-10-21(24)22(25)11-17/h2-11,15,18,26H,12-14H2,1H3/t15-,18?/m1/s1. The van der Waals surface area contributed by atoms with Gasteiger partial charge in [0.15, 0.2) is 11.6 Å². The van der Waals surface area contributed by atoms with Crippen molar-refractivity contribution in [1.29, 1.82) is 0 Å². The maximum Gasteiger partial charge on any atom is 0.253 e. The lowest BCUT2D eigenvalue weighted by molar-refractivity contribution is -0.129. The highest BCUT2D eigenvalue weighted by Gasteiger charge is 2.28. The first kappa shape index (κ1) is 19.5. The van der Waals surface area contributed by atoms with Gasteiger partial charge in [0.25, 0.3) is 5.91 Å². The maximum atomic E-state index is 13.6. The molecule has 0 aromatic heterocycles. The summed E-state index contributed by atoms with van der Waals surface area (Å²) >= 11 is 0. The van der Waals surface area contributed by atoms with E-state index in [-0.39, 0.29) is 31.2 Å². The first-order chi connectivity index (χ1) is 14.0. The molecule has 0 aliphatic carbocycles. The molecule has 1 aliphatic heterocycles. The van der Waals surface area contributed by atoms with Crippen LogP contribution in [0.3, 0.4) is 0 Å². The van der Waals surface area contributed by atoms with Crippen LogP contribution in [-0.4, -0.2) is 31.7 Å². The molecule has 3 aromatic rings. The Bertz CT molecular complexity index is 1040. The van der Waals surface area contributed by atoms with Crippen LogP contribution in [0.25, 0.3) is 10.8 Å². The van der Waals surface area contributed by atoms with Gasteiger partial charge >= 0.3 is 0 Å². The Labute approximate surface area is 168 Å². The second-order valence-corrected chi connectivity index (χ2v) is 7.23. The Morgan fingerprint density at radius 3 is 2.72 bits per heavy atom. The third-order valence-corrected chi connectivity index (χ3v) is 5.29. The number of nitrogens with one attached hydrogen (secondary N) is 1. The van der Waals surface area contributed by atoms with Gasteiger partial charge in [-0.2, -0.15) is 0 Å². The molecule has 0 spiro atoms. The van der Waals surface area contributed by atoms with E-state index in [1.165, 1.54) is 27.3 Å². The summed E-state index contributed by atoms with van der Waals surface area (Å²) < 4.78 is 32.4. The van der Waals surface area contributed by atoms with Crippen LogP contribution in [0, 0.1) is 11.6 Å². The predicted octanol–water partition coefficient (Wildman–Crippen LogP) is 4.20. The van der Waals surface area contributed by atoms with Crippen LogP contribution in [0.2, 0.25) is 0 Å². The number of benzene rings is 3. The van der Waals surface area contributed by atoms with Gasteiger partial charge in [0.2, 0.25) is 0 Å². The summed E-state index contributed by atoms with van der Waals surface area (Å²) in [7, 11) is 0. The van der Waals surface area contributed by atoms with Crippen LogP contribution in [0.15, 0.2) is 60.7 Å². The van der Waals surface area contributed by atoms with E-state index in [2.05, 4.69) is 36.5 Å². The second-order valence-electron chi connectivity index (χ2n) is 7.23. The molecule has 1 saturated heterocycles. The Kier molecular flexibility index (Phi) is 5.56. The van der Waals surface area contributed by atoms with E-state index in [4.69, 9.17) is 4.74 Å². The molecule has 0 bridgehead atoms. The number of morpholine rings is 1. The number of carbonyl (C=O) groups excluding carboxylic acids is 1. The highest BCUT2D eigenvalue weighted by atomic mass is 19.2. The molecular formula is C23H22F2N2O2. The zero-order valence-electron chi connectivity index (χ0n) is 16.1. The van der Waals surface area contributed by atoms with Crippen LogP contribution >= 0.6 is 0 Å². The van der Waals surface area contributed by atoms with Crippen molar-refractivity contribution in [3.63, 3.8) is 0 Å². The lowest BCUT2D eigenvalue weighted by Gasteiger charge is -2.33. The van der Waals surface area contributed by atoms with Crippen molar-refractivity contribution in [2.24, 2.45) is 0 Å². The van der Waals surface area contributed by atoms with E-state index in [1.807, 2.05) is 18.2 Å². The molecule has 2 atom stereocenters. The van der Waals surface area contributed by atoms with Gasteiger partial charge < -0.3 is 15.0 Å². The Balaban J connectivity index is 1.44. The molecule has 29 heavy (non-hydrogen) atoms. The molecule has 1 N–H and O–H groups in total. The van der Waals surface area contributed by atoms with Gasteiger partial charge in [-0.05, 0) is 35.4 Å². The van der Waals surface area contributed by atoms with Crippen molar-refractivity contribution in [2.45, 2.75) is 19.1 Å². The van der Waals surface area contributed by atoms with Crippen molar-refractivity contribution in [1.82, 2.24) is 5.32 Å². The average Bonchev–Trinajstić information content (AvgIpc) is 2.74. The van der Waals surface area contributed by atoms with Crippen molar-refractivity contribution in [3.8, 4) is 0 Å². The molecule has 1 unspecified atom stereocenters. The monoisotopic (exact) mass is 396 g/mol. The summed E-state index contributed by atoms with van der Waals surface area (Å²) in [6.07, 6.45) is -0.252. The largest absolute Gasteiger partial charge is 0.365 e. The SMILES string of the molecule is C[C@@H](NCC1CN(c2ccc(F)c(F)c2)C(=O)CO1)c1cccc2ccccc12. The zero-order valence-corrected chi connectivity index (χ0v) is 16.1. The van der Waals surface area contributed by atoms with Gasteiger partial charge in [0.05, 0.1) is 12.6 Å². The highest BCUT2D eigenvalue weighted by Crippen LogP contribution is 2.25. The van der Waals surface area contributed by atoms with Crippen molar-refractivity contribution in [2.75, 3.05) is 24.6 Å². The lowest BCUT2D eigenvalue weighted by Crippen LogP contribution is -2.50. The molecule has 1 heterocycles. The molecule has 6 heteroatoms. The molecule has 1 aliphatic rings. The molecule has 1 amide bonds. The van der Waals surface area contributed by atoms with E-state index in [0.717, 1.165) is 12.1 Å². The molecule has 4 nitrogen and oxygen atoms in total. The first-order valence-electron chi connectivity index (χ1n) is 9.61. The normalized spacial score (nSPS) is 18.2. The van der Waals surface area contributed by atoms with Crippen LogP contribution in [0.1, 0.15) is 18.5 Å². The summed E-state index contributed by atoms with van der Waals surface area (Å²) in [6, 6.07) is 18.0. The summed E-state index contributed by atoms with van der Waals surface area (Å²) in [6.45, 7) is 2.80. The maximum absolute atomic E-state index is 13.6. The number of hydrogen-bond acceptors (Lipinski definition) is 3. The molecule has 1 fully saturated rings. The highest BCUT2D eigenvalue weighted by molar-refractivity contribution is 5.95. The third-order valence-electron chi connectivity index (χ3n) is 5.29. The van der Waals surface area contributed by atoms with Gasteiger partial charge in [0, 0.05) is 24.3 Å². The zero-order chi connectivity index (χ0) is 20.4. The number of hydrogen-bond donors (Lipinski definition) is 1. The molecule has 3 aromatic carbocycles. The van der Waals surface area contributed by atoms with Gasteiger partial charge in [-0.1, -0.05) is 42.5 Å².